The maximum atomic E-state index is 9.64. The van der Waals surface area contributed by atoms with Crippen LogP contribution >= 0.6 is 50.1 Å². The molecule has 0 heterocycles. The molecule has 0 atom stereocenters. The van der Waals surface area contributed by atoms with E-state index in [9.17, 15) is 5.26 Å². The van der Waals surface area contributed by atoms with Crippen LogP contribution in [0.25, 0.3) is 11.6 Å². The van der Waals surface area contributed by atoms with Crippen LogP contribution in [-0.4, -0.2) is 6.61 Å². The zero-order chi connectivity index (χ0) is 21.5. The Labute approximate surface area is 203 Å². The van der Waals surface area contributed by atoms with Crippen molar-refractivity contribution in [3.63, 3.8) is 0 Å². The third-order valence-corrected chi connectivity index (χ3v) is 5.76. The summed E-state index contributed by atoms with van der Waals surface area (Å²) < 4.78 is 13.9. The number of ether oxygens (including phenoxy) is 2. The molecule has 0 aromatic heterocycles. The third-order valence-electron chi connectivity index (χ3n) is 4.20. The van der Waals surface area contributed by atoms with Crippen LogP contribution in [0.1, 0.15) is 23.6 Å². The first-order valence-corrected chi connectivity index (χ1v) is 11.5. The highest BCUT2D eigenvalue weighted by molar-refractivity contribution is 14.1. The zero-order valence-corrected chi connectivity index (χ0v) is 20.7. The lowest BCUT2D eigenvalue weighted by atomic mass is 10.0. The van der Waals surface area contributed by atoms with Gasteiger partial charge in [0.25, 0.3) is 0 Å². The van der Waals surface area contributed by atoms with Crippen LogP contribution in [-0.2, 0) is 6.61 Å². The molecule has 0 aliphatic heterocycles. The number of hydrogen-bond donors (Lipinski definition) is 0. The number of rotatable bonds is 7. The fraction of sp³-hybridized carbons (Fsp3) is 0.125. The van der Waals surface area contributed by atoms with Gasteiger partial charge in [0.2, 0.25) is 0 Å². The Balaban J connectivity index is 1.92. The van der Waals surface area contributed by atoms with Crippen LogP contribution in [0.2, 0.25) is 5.02 Å². The van der Waals surface area contributed by atoms with Crippen molar-refractivity contribution in [3.8, 4) is 17.6 Å². The molecule has 0 unspecified atom stereocenters. The van der Waals surface area contributed by atoms with Gasteiger partial charge in [-0.25, -0.2) is 0 Å². The van der Waals surface area contributed by atoms with Gasteiger partial charge in [-0.1, -0.05) is 51.8 Å². The molecular formula is C24H18BrClINO2. The number of hydrogen-bond acceptors (Lipinski definition) is 3. The van der Waals surface area contributed by atoms with Crippen LogP contribution in [0, 0.1) is 14.9 Å². The minimum absolute atomic E-state index is 0.435. The number of allylic oxidation sites excluding steroid dienone is 1. The van der Waals surface area contributed by atoms with Crippen molar-refractivity contribution in [2.75, 3.05) is 6.61 Å². The first-order chi connectivity index (χ1) is 14.5. The molecule has 0 radical (unpaired) electrons. The van der Waals surface area contributed by atoms with Crippen molar-refractivity contribution < 1.29 is 9.47 Å². The second kappa shape index (κ2) is 10.9. The van der Waals surface area contributed by atoms with E-state index in [1.807, 2.05) is 61.5 Å². The predicted octanol–water partition coefficient (Wildman–Crippen LogP) is 7.75. The van der Waals surface area contributed by atoms with E-state index < -0.39 is 0 Å². The summed E-state index contributed by atoms with van der Waals surface area (Å²) in [5.74, 6) is 1.34. The topological polar surface area (TPSA) is 42.2 Å². The molecule has 0 spiro atoms. The number of benzene rings is 3. The molecule has 3 aromatic rings. The normalized spacial score (nSPS) is 11.1. The number of nitriles is 1. The van der Waals surface area contributed by atoms with Crippen molar-refractivity contribution in [1.82, 2.24) is 0 Å². The molecule has 0 aliphatic carbocycles. The Bertz CT molecular complexity index is 1110. The van der Waals surface area contributed by atoms with Gasteiger partial charge in [0.05, 0.1) is 21.8 Å². The van der Waals surface area contributed by atoms with Gasteiger partial charge < -0.3 is 9.47 Å². The van der Waals surface area contributed by atoms with Gasteiger partial charge in [0.15, 0.2) is 11.5 Å². The summed E-state index contributed by atoms with van der Waals surface area (Å²) in [6.07, 6.45) is 1.83. The van der Waals surface area contributed by atoms with E-state index in [4.69, 9.17) is 21.1 Å². The van der Waals surface area contributed by atoms with Gasteiger partial charge in [-0.15, -0.1) is 0 Å². The highest BCUT2D eigenvalue weighted by atomic mass is 127. The lowest BCUT2D eigenvalue weighted by molar-refractivity contribution is 0.267. The van der Waals surface area contributed by atoms with Crippen molar-refractivity contribution in [1.29, 1.82) is 5.26 Å². The Hall–Kier alpha value is -2.01. The fourth-order valence-electron chi connectivity index (χ4n) is 2.81. The van der Waals surface area contributed by atoms with Crippen molar-refractivity contribution >= 4 is 61.8 Å². The number of nitrogens with zero attached hydrogens (tertiary/aromatic N) is 1. The van der Waals surface area contributed by atoms with Gasteiger partial charge in [0, 0.05) is 9.50 Å². The fourth-order valence-corrected chi connectivity index (χ4v) is 4.05. The van der Waals surface area contributed by atoms with E-state index >= 15 is 0 Å². The summed E-state index contributed by atoms with van der Waals surface area (Å²) in [7, 11) is 0. The Morgan fingerprint density at radius 2 is 1.90 bits per heavy atom. The molecule has 0 amide bonds. The van der Waals surface area contributed by atoms with E-state index in [1.54, 1.807) is 12.1 Å². The van der Waals surface area contributed by atoms with E-state index in [0.29, 0.717) is 35.3 Å². The molecule has 0 saturated carbocycles. The summed E-state index contributed by atoms with van der Waals surface area (Å²) in [6, 6.07) is 21.4. The van der Waals surface area contributed by atoms with E-state index in [1.165, 1.54) is 0 Å². The van der Waals surface area contributed by atoms with E-state index in [0.717, 1.165) is 24.7 Å². The molecule has 152 valence electrons. The first kappa shape index (κ1) is 22.7. The maximum Gasteiger partial charge on any atom is 0.175 e. The zero-order valence-electron chi connectivity index (χ0n) is 16.2. The van der Waals surface area contributed by atoms with Gasteiger partial charge in [-0.05, 0) is 88.7 Å². The summed E-state index contributed by atoms with van der Waals surface area (Å²) in [6.45, 7) is 2.88. The summed E-state index contributed by atoms with van der Waals surface area (Å²) in [4.78, 5) is 0. The molecule has 30 heavy (non-hydrogen) atoms. The highest BCUT2D eigenvalue weighted by Crippen LogP contribution is 2.36. The molecule has 3 aromatic carbocycles. The van der Waals surface area contributed by atoms with Gasteiger partial charge in [-0.3, -0.25) is 0 Å². The van der Waals surface area contributed by atoms with Gasteiger partial charge in [0.1, 0.15) is 6.61 Å². The Morgan fingerprint density at radius 3 is 2.57 bits per heavy atom. The van der Waals surface area contributed by atoms with Crippen molar-refractivity contribution in [2.45, 2.75) is 13.5 Å². The monoisotopic (exact) mass is 593 g/mol. The second-order valence-corrected chi connectivity index (χ2v) is 8.87. The molecule has 3 nitrogen and oxygen atoms in total. The SMILES string of the molecule is CCOc1cc(/C=C(/C#N)c2cccc(Cl)c2)cc(I)c1OCc1ccc(Br)cc1. The molecule has 0 saturated heterocycles. The average molecular weight is 595 g/mol. The first-order valence-electron chi connectivity index (χ1n) is 9.21. The largest absolute Gasteiger partial charge is 0.490 e. The summed E-state index contributed by atoms with van der Waals surface area (Å²) in [5, 5.41) is 10.2. The smallest absolute Gasteiger partial charge is 0.175 e. The van der Waals surface area contributed by atoms with Crippen LogP contribution in [0.15, 0.2) is 65.1 Å². The third kappa shape index (κ3) is 6.00. The van der Waals surface area contributed by atoms with Gasteiger partial charge >= 0.3 is 0 Å². The van der Waals surface area contributed by atoms with Crippen molar-refractivity contribution in [3.05, 3.63) is 90.4 Å². The predicted molar refractivity (Wildman–Crippen MR) is 134 cm³/mol. The standard InChI is InChI=1S/C24H18BrClINO2/c1-2-29-23-12-17(10-19(14-28)18-4-3-5-21(26)13-18)11-22(27)24(23)30-15-16-6-8-20(25)9-7-16/h3-13H,2,15H2,1H3/b19-10-. The Morgan fingerprint density at radius 1 is 1.13 bits per heavy atom. The molecule has 6 heteroatoms. The molecule has 0 aliphatic rings. The molecule has 0 fully saturated rings. The van der Waals surface area contributed by atoms with E-state index in [2.05, 4.69) is 44.6 Å². The van der Waals surface area contributed by atoms with Crippen LogP contribution in [0.4, 0.5) is 0 Å². The Kier molecular flexibility index (Phi) is 8.20. The van der Waals surface area contributed by atoms with Crippen LogP contribution in [0.3, 0.4) is 0 Å². The highest BCUT2D eigenvalue weighted by Gasteiger charge is 2.13. The molecule has 3 rings (SSSR count). The molecule has 0 N–H and O–H groups in total. The summed E-state index contributed by atoms with van der Waals surface area (Å²) >= 11 is 11.8. The minimum Gasteiger partial charge on any atom is -0.490 e. The second-order valence-electron chi connectivity index (χ2n) is 6.36. The lowest BCUT2D eigenvalue weighted by Gasteiger charge is -2.15. The lowest BCUT2D eigenvalue weighted by Crippen LogP contribution is -2.02. The molecular weight excluding hydrogens is 577 g/mol. The van der Waals surface area contributed by atoms with Crippen molar-refractivity contribution in [2.24, 2.45) is 0 Å². The number of halogens is 3. The van der Waals surface area contributed by atoms with E-state index in [-0.39, 0.29) is 0 Å². The quantitative estimate of drug-likeness (QED) is 0.160. The average Bonchev–Trinajstić information content (AvgIpc) is 2.73. The maximum absolute atomic E-state index is 9.64. The van der Waals surface area contributed by atoms with Crippen LogP contribution in [0.5, 0.6) is 11.5 Å². The molecule has 0 bridgehead atoms. The van der Waals surface area contributed by atoms with Gasteiger partial charge in [-0.2, -0.15) is 5.26 Å². The van der Waals surface area contributed by atoms with Crippen LogP contribution < -0.4 is 9.47 Å². The minimum atomic E-state index is 0.435. The summed E-state index contributed by atoms with van der Waals surface area (Å²) in [5.41, 5.74) is 3.22.